The molecule has 7 heteroatoms. The first-order valence-corrected chi connectivity index (χ1v) is 9.03. The lowest BCUT2D eigenvalue weighted by Crippen LogP contribution is -1.88. The highest BCUT2D eigenvalue weighted by atomic mass is 32.2. The van der Waals surface area contributed by atoms with Gasteiger partial charge >= 0.3 is 0 Å². The lowest BCUT2D eigenvalue weighted by atomic mass is 10.1. The van der Waals surface area contributed by atoms with Crippen LogP contribution in [0.1, 0.15) is 23.6 Å². The van der Waals surface area contributed by atoms with E-state index in [0.717, 1.165) is 11.1 Å². The number of nitrogens with zero attached hydrogens (tertiary/aromatic N) is 4. The molecule has 2 aromatic carbocycles. The second kappa shape index (κ2) is 7.13. The fourth-order valence-corrected chi connectivity index (χ4v) is 3.08. The number of hydrogen-bond acceptors (Lipinski definition) is 7. The number of benzene rings is 2. The first-order chi connectivity index (χ1) is 12.7. The fourth-order valence-electron chi connectivity index (χ4n) is 2.37. The normalized spacial score (nSPS) is 12.2. The summed E-state index contributed by atoms with van der Waals surface area (Å²) in [6.07, 6.45) is 0. The molecule has 0 N–H and O–H groups in total. The van der Waals surface area contributed by atoms with Crippen molar-refractivity contribution >= 4 is 11.8 Å². The van der Waals surface area contributed by atoms with Crippen LogP contribution in [0.25, 0.3) is 22.9 Å². The van der Waals surface area contributed by atoms with Crippen molar-refractivity contribution in [2.75, 3.05) is 0 Å². The van der Waals surface area contributed by atoms with Crippen molar-refractivity contribution < 1.29 is 8.83 Å². The first kappa shape index (κ1) is 16.5. The Morgan fingerprint density at radius 3 is 2.19 bits per heavy atom. The second-order valence-corrected chi connectivity index (χ2v) is 7.10. The van der Waals surface area contributed by atoms with Crippen LogP contribution in [0, 0.1) is 6.92 Å². The Bertz CT molecular complexity index is 996. The first-order valence-electron chi connectivity index (χ1n) is 8.15. The molecule has 4 aromatic rings. The number of hydrogen-bond donors (Lipinski definition) is 0. The molecule has 2 heterocycles. The molecule has 0 unspecified atom stereocenters. The largest absolute Gasteiger partial charge is 0.419 e. The third kappa shape index (κ3) is 3.52. The highest BCUT2D eigenvalue weighted by molar-refractivity contribution is 7.99. The topological polar surface area (TPSA) is 77.8 Å². The molecule has 130 valence electrons. The van der Waals surface area contributed by atoms with Crippen LogP contribution >= 0.6 is 11.8 Å². The molecule has 26 heavy (non-hydrogen) atoms. The third-order valence-electron chi connectivity index (χ3n) is 3.79. The SMILES string of the molecule is Cc1ccc(-c2nnc(S[C@H](C)c3nnc(-c4ccccc4)o3)o2)cc1. The summed E-state index contributed by atoms with van der Waals surface area (Å²) in [7, 11) is 0. The molecule has 0 aliphatic heterocycles. The molecule has 6 nitrogen and oxygen atoms in total. The average molecular weight is 364 g/mol. The van der Waals surface area contributed by atoms with Gasteiger partial charge in [0.15, 0.2) is 0 Å². The van der Waals surface area contributed by atoms with Crippen LogP contribution in [-0.4, -0.2) is 20.4 Å². The zero-order valence-electron chi connectivity index (χ0n) is 14.3. The van der Waals surface area contributed by atoms with Crippen LogP contribution in [0.15, 0.2) is 68.7 Å². The summed E-state index contributed by atoms with van der Waals surface area (Å²) in [4.78, 5) is 0. The van der Waals surface area contributed by atoms with E-state index in [1.165, 1.54) is 17.3 Å². The molecule has 0 aliphatic rings. The molecule has 4 rings (SSSR count). The van der Waals surface area contributed by atoms with Crippen LogP contribution in [0.3, 0.4) is 0 Å². The van der Waals surface area contributed by atoms with Gasteiger partial charge in [0.2, 0.25) is 17.7 Å². The second-order valence-electron chi connectivity index (χ2n) is 5.81. The van der Waals surface area contributed by atoms with Gasteiger partial charge in [0.05, 0.1) is 5.25 Å². The van der Waals surface area contributed by atoms with Crippen molar-refractivity contribution in [3.8, 4) is 22.9 Å². The molecule has 0 spiro atoms. The lowest BCUT2D eigenvalue weighted by molar-refractivity contribution is 0.461. The molecule has 0 radical (unpaired) electrons. The van der Waals surface area contributed by atoms with E-state index in [9.17, 15) is 0 Å². The maximum Gasteiger partial charge on any atom is 0.277 e. The molecule has 2 aromatic heterocycles. The van der Waals surface area contributed by atoms with E-state index in [-0.39, 0.29) is 5.25 Å². The smallest absolute Gasteiger partial charge is 0.277 e. The molecule has 0 saturated carbocycles. The number of aromatic nitrogens is 4. The Hall–Kier alpha value is -2.93. The van der Waals surface area contributed by atoms with Crippen molar-refractivity contribution in [1.29, 1.82) is 0 Å². The van der Waals surface area contributed by atoms with Crippen molar-refractivity contribution in [2.45, 2.75) is 24.3 Å². The van der Waals surface area contributed by atoms with Crippen LogP contribution in [-0.2, 0) is 0 Å². The van der Waals surface area contributed by atoms with E-state index >= 15 is 0 Å². The summed E-state index contributed by atoms with van der Waals surface area (Å²) < 4.78 is 11.5. The van der Waals surface area contributed by atoms with Gasteiger partial charge in [-0.3, -0.25) is 0 Å². The standard InChI is InChI=1S/C19H16N4O2S/c1-12-8-10-15(11-9-12)18-22-23-19(25-18)26-13(2)16-20-21-17(24-16)14-6-4-3-5-7-14/h3-11,13H,1-2H3/t13-/m1/s1. The number of aryl methyl sites for hydroxylation is 1. The molecule has 0 saturated heterocycles. The lowest BCUT2D eigenvalue weighted by Gasteiger charge is -2.01. The van der Waals surface area contributed by atoms with Gasteiger partial charge in [0.1, 0.15) is 0 Å². The minimum absolute atomic E-state index is 0.105. The minimum atomic E-state index is -0.105. The number of rotatable bonds is 5. The molecular formula is C19H16N4O2S. The predicted octanol–water partition coefficient (Wildman–Crippen LogP) is 4.95. The van der Waals surface area contributed by atoms with Gasteiger partial charge in [0.25, 0.3) is 5.22 Å². The molecule has 0 bridgehead atoms. The Kier molecular flexibility index (Phi) is 4.53. The number of thioether (sulfide) groups is 1. The van der Waals surface area contributed by atoms with Crippen LogP contribution in [0.4, 0.5) is 0 Å². The van der Waals surface area contributed by atoms with E-state index in [1.54, 1.807) is 0 Å². The van der Waals surface area contributed by atoms with Crippen molar-refractivity contribution in [3.63, 3.8) is 0 Å². The quantitative estimate of drug-likeness (QED) is 0.464. The minimum Gasteiger partial charge on any atom is -0.419 e. The van der Waals surface area contributed by atoms with Gasteiger partial charge in [-0.15, -0.1) is 20.4 Å². The van der Waals surface area contributed by atoms with Gasteiger partial charge in [-0.05, 0) is 38.1 Å². The Morgan fingerprint density at radius 1 is 0.769 bits per heavy atom. The van der Waals surface area contributed by atoms with Gasteiger partial charge in [-0.25, -0.2) is 0 Å². The van der Waals surface area contributed by atoms with Gasteiger partial charge < -0.3 is 8.83 Å². The Balaban J connectivity index is 1.48. The Morgan fingerprint density at radius 2 is 1.42 bits per heavy atom. The van der Waals surface area contributed by atoms with E-state index in [0.29, 0.717) is 22.9 Å². The monoisotopic (exact) mass is 364 g/mol. The van der Waals surface area contributed by atoms with Crippen LogP contribution in [0.2, 0.25) is 0 Å². The zero-order valence-corrected chi connectivity index (χ0v) is 15.1. The molecule has 0 amide bonds. The zero-order chi connectivity index (χ0) is 17.9. The van der Waals surface area contributed by atoms with Crippen molar-refractivity contribution in [1.82, 2.24) is 20.4 Å². The van der Waals surface area contributed by atoms with Crippen molar-refractivity contribution in [3.05, 3.63) is 66.1 Å². The van der Waals surface area contributed by atoms with Crippen molar-refractivity contribution in [2.24, 2.45) is 0 Å². The van der Waals surface area contributed by atoms with E-state index in [2.05, 4.69) is 20.4 Å². The highest BCUT2D eigenvalue weighted by Crippen LogP contribution is 2.35. The van der Waals surface area contributed by atoms with Gasteiger partial charge in [-0.2, -0.15) is 0 Å². The molecule has 1 atom stereocenters. The maximum absolute atomic E-state index is 5.78. The fraction of sp³-hybridized carbons (Fsp3) is 0.158. The summed E-state index contributed by atoms with van der Waals surface area (Å²) in [6.45, 7) is 4.00. The summed E-state index contributed by atoms with van der Waals surface area (Å²) in [5.41, 5.74) is 2.97. The summed E-state index contributed by atoms with van der Waals surface area (Å²) in [5, 5.41) is 16.8. The highest BCUT2D eigenvalue weighted by Gasteiger charge is 2.19. The average Bonchev–Trinajstić information content (AvgIpc) is 3.33. The molecular weight excluding hydrogens is 348 g/mol. The molecule has 0 aliphatic carbocycles. The third-order valence-corrected chi connectivity index (χ3v) is 4.71. The van der Waals surface area contributed by atoms with Crippen LogP contribution < -0.4 is 0 Å². The molecule has 0 fully saturated rings. The maximum atomic E-state index is 5.78. The van der Waals surface area contributed by atoms with Gasteiger partial charge in [-0.1, -0.05) is 47.7 Å². The summed E-state index contributed by atoms with van der Waals surface area (Å²) in [6, 6.07) is 17.6. The van der Waals surface area contributed by atoms with E-state index in [4.69, 9.17) is 8.83 Å². The van der Waals surface area contributed by atoms with E-state index < -0.39 is 0 Å². The predicted molar refractivity (Wildman–Crippen MR) is 98.5 cm³/mol. The Labute approximate surface area is 154 Å². The van der Waals surface area contributed by atoms with Crippen LogP contribution in [0.5, 0.6) is 0 Å². The summed E-state index contributed by atoms with van der Waals surface area (Å²) >= 11 is 1.39. The summed E-state index contributed by atoms with van der Waals surface area (Å²) in [5.74, 6) is 1.51. The van der Waals surface area contributed by atoms with Gasteiger partial charge in [0, 0.05) is 11.1 Å². The van der Waals surface area contributed by atoms with E-state index in [1.807, 2.05) is 68.4 Å².